The SMILES string of the molecule is CC(C)CC(C)(O)CNC(C)c1ccc(C(=O)O)o1. The number of rotatable bonds is 7. The van der Waals surface area contributed by atoms with Crippen LogP contribution >= 0.6 is 0 Å². The predicted molar refractivity (Wildman–Crippen MR) is 72.2 cm³/mol. The van der Waals surface area contributed by atoms with Gasteiger partial charge in [-0.3, -0.25) is 0 Å². The number of hydrogen-bond donors (Lipinski definition) is 3. The second-order valence-corrected chi connectivity index (χ2v) is 5.70. The normalized spacial score (nSPS) is 16.3. The maximum absolute atomic E-state index is 10.7. The van der Waals surface area contributed by atoms with Crippen LogP contribution in [-0.4, -0.2) is 28.3 Å². The van der Waals surface area contributed by atoms with Crippen molar-refractivity contribution in [2.75, 3.05) is 6.54 Å². The van der Waals surface area contributed by atoms with Crippen LogP contribution < -0.4 is 5.32 Å². The average Bonchev–Trinajstić information content (AvgIpc) is 2.73. The van der Waals surface area contributed by atoms with E-state index in [0.29, 0.717) is 24.6 Å². The molecule has 0 amide bonds. The zero-order chi connectivity index (χ0) is 14.6. The molecule has 0 bridgehead atoms. The van der Waals surface area contributed by atoms with Gasteiger partial charge in [-0.25, -0.2) is 4.79 Å². The van der Waals surface area contributed by atoms with Crippen LogP contribution in [0.4, 0.5) is 0 Å². The molecule has 1 rings (SSSR count). The number of furan rings is 1. The molecule has 1 aromatic rings. The molecule has 1 heterocycles. The Labute approximate surface area is 113 Å². The van der Waals surface area contributed by atoms with Gasteiger partial charge in [-0.2, -0.15) is 0 Å². The van der Waals surface area contributed by atoms with Crippen molar-refractivity contribution in [3.8, 4) is 0 Å². The third-order valence-electron chi connectivity index (χ3n) is 2.90. The number of nitrogens with one attached hydrogen (secondary N) is 1. The lowest BCUT2D eigenvalue weighted by atomic mass is 9.94. The minimum Gasteiger partial charge on any atom is -0.475 e. The van der Waals surface area contributed by atoms with Crippen molar-refractivity contribution in [2.45, 2.75) is 45.8 Å². The molecule has 0 aliphatic carbocycles. The first kappa shape index (κ1) is 15.7. The Balaban J connectivity index is 2.54. The van der Waals surface area contributed by atoms with Crippen LogP contribution in [0.5, 0.6) is 0 Å². The minimum absolute atomic E-state index is 0.0717. The first-order valence-corrected chi connectivity index (χ1v) is 6.50. The monoisotopic (exact) mass is 269 g/mol. The van der Waals surface area contributed by atoms with Crippen molar-refractivity contribution in [1.29, 1.82) is 0 Å². The van der Waals surface area contributed by atoms with Gasteiger partial charge in [0, 0.05) is 6.54 Å². The van der Waals surface area contributed by atoms with Gasteiger partial charge in [-0.15, -0.1) is 0 Å². The van der Waals surface area contributed by atoms with Crippen molar-refractivity contribution in [3.05, 3.63) is 23.7 Å². The number of hydrogen-bond acceptors (Lipinski definition) is 4. The van der Waals surface area contributed by atoms with E-state index in [9.17, 15) is 9.90 Å². The van der Waals surface area contributed by atoms with Gasteiger partial charge in [0.25, 0.3) is 0 Å². The number of carbonyl (C=O) groups is 1. The fourth-order valence-electron chi connectivity index (χ4n) is 2.13. The summed E-state index contributed by atoms with van der Waals surface area (Å²) in [5.74, 6) is -0.185. The van der Waals surface area contributed by atoms with Crippen molar-refractivity contribution < 1.29 is 19.4 Å². The second kappa shape index (κ2) is 6.21. The zero-order valence-electron chi connectivity index (χ0n) is 11.9. The average molecular weight is 269 g/mol. The molecule has 2 unspecified atom stereocenters. The molecule has 0 radical (unpaired) electrons. The van der Waals surface area contributed by atoms with Gasteiger partial charge in [-0.1, -0.05) is 13.8 Å². The Kier molecular flexibility index (Phi) is 5.14. The molecular formula is C14H23NO4. The summed E-state index contributed by atoms with van der Waals surface area (Å²) >= 11 is 0. The minimum atomic E-state index is -1.08. The lowest BCUT2D eigenvalue weighted by Crippen LogP contribution is -2.39. The van der Waals surface area contributed by atoms with Gasteiger partial charge in [-0.05, 0) is 38.3 Å². The molecule has 5 nitrogen and oxygen atoms in total. The number of aliphatic hydroxyl groups is 1. The summed E-state index contributed by atoms with van der Waals surface area (Å²) < 4.78 is 5.21. The fraction of sp³-hybridized carbons (Fsp3) is 0.643. The highest BCUT2D eigenvalue weighted by molar-refractivity contribution is 5.84. The third kappa shape index (κ3) is 5.04. The summed E-state index contributed by atoms with van der Waals surface area (Å²) in [7, 11) is 0. The predicted octanol–water partition coefficient (Wildman–Crippen LogP) is 2.43. The van der Waals surface area contributed by atoms with Crippen LogP contribution in [0, 0.1) is 5.92 Å². The second-order valence-electron chi connectivity index (χ2n) is 5.70. The van der Waals surface area contributed by atoms with E-state index in [4.69, 9.17) is 9.52 Å². The lowest BCUT2D eigenvalue weighted by Gasteiger charge is -2.27. The summed E-state index contributed by atoms with van der Waals surface area (Å²) in [4.78, 5) is 10.7. The Morgan fingerprint density at radius 3 is 2.53 bits per heavy atom. The van der Waals surface area contributed by atoms with E-state index >= 15 is 0 Å². The molecule has 1 aromatic heterocycles. The smallest absolute Gasteiger partial charge is 0.371 e. The zero-order valence-corrected chi connectivity index (χ0v) is 11.9. The Hall–Kier alpha value is -1.33. The third-order valence-corrected chi connectivity index (χ3v) is 2.90. The highest BCUT2D eigenvalue weighted by atomic mass is 16.4. The van der Waals surface area contributed by atoms with E-state index in [1.165, 1.54) is 6.07 Å². The van der Waals surface area contributed by atoms with Gasteiger partial charge >= 0.3 is 5.97 Å². The molecule has 2 atom stereocenters. The summed E-state index contributed by atoms with van der Waals surface area (Å²) in [5.41, 5.74) is -0.787. The molecule has 0 fully saturated rings. The largest absolute Gasteiger partial charge is 0.475 e. The Morgan fingerprint density at radius 2 is 2.05 bits per heavy atom. The van der Waals surface area contributed by atoms with E-state index in [-0.39, 0.29) is 11.8 Å². The van der Waals surface area contributed by atoms with E-state index < -0.39 is 11.6 Å². The van der Waals surface area contributed by atoms with E-state index in [1.807, 2.05) is 6.92 Å². The van der Waals surface area contributed by atoms with Gasteiger partial charge < -0.3 is 19.9 Å². The van der Waals surface area contributed by atoms with Crippen LogP contribution in [0.2, 0.25) is 0 Å². The number of carboxylic acids is 1. The quantitative estimate of drug-likeness (QED) is 0.708. The van der Waals surface area contributed by atoms with Gasteiger partial charge in [0.1, 0.15) is 5.76 Å². The molecule has 3 N–H and O–H groups in total. The first-order chi connectivity index (χ1) is 8.71. The molecule has 108 valence electrons. The highest BCUT2D eigenvalue weighted by Crippen LogP contribution is 2.19. The van der Waals surface area contributed by atoms with Gasteiger partial charge in [0.2, 0.25) is 5.76 Å². The summed E-state index contributed by atoms with van der Waals surface area (Å²) in [6.45, 7) is 8.20. The van der Waals surface area contributed by atoms with Crippen molar-refractivity contribution in [1.82, 2.24) is 5.32 Å². The first-order valence-electron chi connectivity index (χ1n) is 6.50. The molecule has 0 saturated carbocycles. The summed E-state index contributed by atoms with van der Waals surface area (Å²) in [6.07, 6.45) is 0.700. The van der Waals surface area contributed by atoms with Crippen molar-refractivity contribution in [3.63, 3.8) is 0 Å². The lowest BCUT2D eigenvalue weighted by molar-refractivity contribution is 0.0356. The van der Waals surface area contributed by atoms with Crippen LogP contribution in [0.25, 0.3) is 0 Å². The van der Waals surface area contributed by atoms with E-state index in [1.54, 1.807) is 13.0 Å². The molecule has 19 heavy (non-hydrogen) atoms. The molecular weight excluding hydrogens is 246 g/mol. The van der Waals surface area contributed by atoms with Crippen LogP contribution in [0.3, 0.4) is 0 Å². The molecule has 0 saturated heterocycles. The molecule has 5 heteroatoms. The van der Waals surface area contributed by atoms with Crippen molar-refractivity contribution >= 4 is 5.97 Å². The Bertz CT molecular complexity index is 423. The van der Waals surface area contributed by atoms with Crippen molar-refractivity contribution in [2.24, 2.45) is 5.92 Å². The van der Waals surface area contributed by atoms with Gasteiger partial charge in [0.15, 0.2) is 0 Å². The number of carboxylic acid groups (broad SMARTS) is 1. The molecule has 0 aliphatic rings. The topological polar surface area (TPSA) is 82.7 Å². The Morgan fingerprint density at radius 1 is 1.42 bits per heavy atom. The maximum atomic E-state index is 10.7. The standard InChI is InChI=1S/C14H23NO4/c1-9(2)7-14(4,18)8-15-10(3)11-5-6-12(19-11)13(16)17/h5-6,9-10,15,18H,7-8H2,1-4H3,(H,16,17). The highest BCUT2D eigenvalue weighted by Gasteiger charge is 2.23. The van der Waals surface area contributed by atoms with Gasteiger partial charge in [0.05, 0.1) is 11.6 Å². The fourth-order valence-corrected chi connectivity index (χ4v) is 2.13. The summed E-state index contributed by atoms with van der Waals surface area (Å²) in [6, 6.07) is 2.92. The van der Waals surface area contributed by atoms with Crippen LogP contribution in [0.1, 0.15) is 56.5 Å². The maximum Gasteiger partial charge on any atom is 0.371 e. The van der Waals surface area contributed by atoms with Crippen LogP contribution in [0.15, 0.2) is 16.5 Å². The molecule has 0 spiro atoms. The van der Waals surface area contributed by atoms with E-state index in [0.717, 1.165) is 0 Å². The molecule has 0 aromatic carbocycles. The molecule has 0 aliphatic heterocycles. The summed E-state index contributed by atoms with van der Waals surface area (Å²) in [5, 5.41) is 22.1. The number of aromatic carboxylic acids is 1. The van der Waals surface area contributed by atoms with Crippen LogP contribution in [-0.2, 0) is 0 Å². The van der Waals surface area contributed by atoms with E-state index in [2.05, 4.69) is 19.2 Å².